The molecule has 1 unspecified atom stereocenters. The number of thioether (sulfide) groups is 1. The molecular weight excluding hydrogens is 196 g/mol. The summed E-state index contributed by atoms with van der Waals surface area (Å²) in [6.07, 6.45) is 3.26. The topological polar surface area (TPSA) is 34.1 Å². The number of carbonyl (C=O) groups is 2. The number of rotatable bonds is 7. The molecule has 0 saturated heterocycles. The Morgan fingerprint density at radius 1 is 1.29 bits per heavy atom. The van der Waals surface area contributed by atoms with Gasteiger partial charge in [-0.3, -0.25) is 4.79 Å². The van der Waals surface area contributed by atoms with Crippen LogP contribution < -0.4 is 0 Å². The molecule has 0 fully saturated rings. The molecule has 0 radical (unpaired) electrons. The fourth-order valence-corrected chi connectivity index (χ4v) is 1.94. The van der Waals surface area contributed by atoms with E-state index in [0.29, 0.717) is 6.42 Å². The van der Waals surface area contributed by atoms with E-state index >= 15 is 0 Å². The lowest BCUT2D eigenvalue weighted by Crippen LogP contribution is -2.22. The van der Waals surface area contributed by atoms with E-state index < -0.39 is 0 Å². The summed E-state index contributed by atoms with van der Waals surface area (Å²) in [6, 6.07) is 0. The minimum atomic E-state index is -0.0556. The first-order valence-electron chi connectivity index (χ1n) is 5.01. The predicted octanol–water partition coefficient (Wildman–Crippen LogP) is 2.56. The Balaban J connectivity index is 4.22. The quantitative estimate of drug-likeness (QED) is 0.656. The van der Waals surface area contributed by atoms with Gasteiger partial charge in [0, 0.05) is 18.3 Å². The van der Waals surface area contributed by atoms with Gasteiger partial charge in [-0.1, -0.05) is 13.8 Å². The average molecular weight is 216 g/mol. The summed E-state index contributed by atoms with van der Waals surface area (Å²) in [5.74, 6) is 1.29. The van der Waals surface area contributed by atoms with Gasteiger partial charge in [-0.05, 0) is 25.4 Å². The van der Waals surface area contributed by atoms with Crippen LogP contribution >= 0.6 is 11.8 Å². The number of hydrogen-bond acceptors (Lipinski definition) is 3. The lowest BCUT2D eigenvalue weighted by Gasteiger charge is -2.15. The van der Waals surface area contributed by atoms with Crippen LogP contribution in [-0.4, -0.2) is 23.6 Å². The molecule has 0 aromatic rings. The fraction of sp³-hybridized carbons (Fsp3) is 0.818. The van der Waals surface area contributed by atoms with E-state index in [1.807, 2.05) is 20.1 Å². The highest BCUT2D eigenvalue weighted by Gasteiger charge is 2.21. The predicted molar refractivity (Wildman–Crippen MR) is 61.6 cm³/mol. The van der Waals surface area contributed by atoms with Gasteiger partial charge in [-0.25, -0.2) is 0 Å². The second-order valence-electron chi connectivity index (χ2n) is 3.94. The molecule has 0 rings (SSSR count). The van der Waals surface area contributed by atoms with E-state index in [1.165, 1.54) is 0 Å². The molecule has 1 atom stereocenters. The molecule has 14 heavy (non-hydrogen) atoms. The van der Waals surface area contributed by atoms with Gasteiger partial charge in [-0.2, -0.15) is 11.8 Å². The van der Waals surface area contributed by atoms with Crippen LogP contribution in [0.3, 0.4) is 0 Å². The third-order valence-electron chi connectivity index (χ3n) is 2.18. The third-order valence-corrected chi connectivity index (χ3v) is 2.82. The van der Waals surface area contributed by atoms with Crippen molar-refractivity contribution in [3.63, 3.8) is 0 Å². The van der Waals surface area contributed by atoms with Gasteiger partial charge in [-0.15, -0.1) is 0 Å². The Labute approximate surface area is 90.8 Å². The van der Waals surface area contributed by atoms with Crippen molar-refractivity contribution in [1.29, 1.82) is 0 Å². The van der Waals surface area contributed by atoms with E-state index in [2.05, 4.69) is 0 Å². The van der Waals surface area contributed by atoms with Crippen LogP contribution in [0.5, 0.6) is 0 Å². The maximum absolute atomic E-state index is 11.7. The van der Waals surface area contributed by atoms with Crippen molar-refractivity contribution < 1.29 is 9.59 Å². The largest absolute Gasteiger partial charge is 0.300 e. The van der Waals surface area contributed by atoms with Gasteiger partial charge in [0.2, 0.25) is 0 Å². The van der Waals surface area contributed by atoms with Crippen molar-refractivity contribution in [3.05, 3.63) is 0 Å². The zero-order chi connectivity index (χ0) is 11.1. The van der Waals surface area contributed by atoms with Crippen LogP contribution in [0.15, 0.2) is 0 Å². The molecule has 0 bridgehead atoms. The maximum Gasteiger partial charge on any atom is 0.138 e. The number of hydrogen-bond donors (Lipinski definition) is 0. The molecule has 0 aliphatic rings. The van der Waals surface area contributed by atoms with Gasteiger partial charge in [0.25, 0.3) is 0 Å². The lowest BCUT2D eigenvalue weighted by molar-refractivity contribution is -0.129. The van der Waals surface area contributed by atoms with Crippen LogP contribution in [-0.2, 0) is 9.59 Å². The second kappa shape index (κ2) is 7.04. The first-order chi connectivity index (χ1) is 6.49. The standard InChI is InChI=1S/C11H20O2S/c1-8(2)11(13)10(5-6-14-4)7-9(3)12/h8,10H,5-7H2,1-4H3. The van der Waals surface area contributed by atoms with Crippen molar-refractivity contribution in [2.45, 2.75) is 33.6 Å². The number of carbonyl (C=O) groups excluding carboxylic acids is 2. The van der Waals surface area contributed by atoms with Gasteiger partial charge in [0.1, 0.15) is 11.6 Å². The maximum atomic E-state index is 11.7. The fourth-order valence-electron chi connectivity index (χ4n) is 1.42. The summed E-state index contributed by atoms with van der Waals surface area (Å²) in [4.78, 5) is 22.7. The first-order valence-corrected chi connectivity index (χ1v) is 6.40. The van der Waals surface area contributed by atoms with E-state index in [-0.39, 0.29) is 23.4 Å². The van der Waals surface area contributed by atoms with Crippen molar-refractivity contribution in [3.8, 4) is 0 Å². The third kappa shape index (κ3) is 5.43. The number of Topliss-reactive ketones (excluding diaryl/α,β-unsaturated/α-hetero) is 2. The Bertz CT molecular complexity index is 199. The summed E-state index contributed by atoms with van der Waals surface area (Å²) in [6.45, 7) is 5.35. The second-order valence-corrected chi connectivity index (χ2v) is 4.93. The van der Waals surface area contributed by atoms with Crippen molar-refractivity contribution >= 4 is 23.3 Å². The zero-order valence-electron chi connectivity index (χ0n) is 9.50. The first kappa shape index (κ1) is 13.7. The summed E-state index contributed by atoms with van der Waals surface area (Å²) in [7, 11) is 0. The monoisotopic (exact) mass is 216 g/mol. The van der Waals surface area contributed by atoms with E-state index in [4.69, 9.17) is 0 Å². The van der Waals surface area contributed by atoms with Gasteiger partial charge in [0.05, 0.1) is 0 Å². The summed E-state index contributed by atoms with van der Waals surface area (Å²) < 4.78 is 0. The summed E-state index contributed by atoms with van der Waals surface area (Å²) in [5.41, 5.74) is 0. The number of ketones is 2. The van der Waals surface area contributed by atoms with Gasteiger partial charge < -0.3 is 4.79 Å². The van der Waals surface area contributed by atoms with Crippen LogP contribution in [0.2, 0.25) is 0 Å². The minimum Gasteiger partial charge on any atom is -0.300 e. The molecule has 3 heteroatoms. The minimum absolute atomic E-state index is 0.0428. The van der Waals surface area contributed by atoms with Crippen molar-refractivity contribution in [2.24, 2.45) is 11.8 Å². The van der Waals surface area contributed by atoms with Gasteiger partial charge in [0.15, 0.2) is 0 Å². The lowest BCUT2D eigenvalue weighted by atomic mass is 9.89. The molecule has 0 amide bonds. The van der Waals surface area contributed by atoms with Crippen molar-refractivity contribution in [2.75, 3.05) is 12.0 Å². The van der Waals surface area contributed by atoms with E-state index in [9.17, 15) is 9.59 Å². The molecule has 0 N–H and O–H groups in total. The smallest absolute Gasteiger partial charge is 0.138 e. The molecule has 0 aromatic heterocycles. The molecule has 0 saturated carbocycles. The summed E-state index contributed by atoms with van der Waals surface area (Å²) >= 11 is 1.72. The molecule has 2 nitrogen and oxygen atoms in total. The Morgan fingerprint density at radius 3 is 2.21 bits per heavy atom. The van der Waals surface area contributed by atoms with Crippen LogP contribution in [0.1, 0.15) is 33.6 Å². The molecule has 0 aliphatic carbocycles. The van der Waals surface area contributed by atoms with Crippen molar-refractivity contribution in [1.82, 2.24) is 0 Å². The average Bonchev–Trinajstić information content (AvgIpc) is 2.10. The van der Waals surface area contributed by atoms with Crippen LogP contribution in [0.25, 0.3) is 0 Å². The van der Waals surface area contributed by atoms with E-state index in [1.54, 1.807) is 18.7 Å². The van der Waals surface area contributed by atoms with E-state index in [0.717, 1.165) is 12.2 Å². The zero-order valence-corrected chi connectivity index (χ0v) is 10.3. The molecular formula is C11H20O2S. The highest BCUT2D eigenvalue weighted by Crippen LogP contribution is 2.17. The van der Waals surface area contributed by atoms with Gasteiger partial charge >= 0.3 is 0 Å². The van der Waals surface area contributed by atoms with Crippen LogP contribution in [0, 0.1) is 11.8 Å². The Morgan fingerprint density at radius 2 is 1.86 bits per heavy atom. The molecule has 82 valence electrons. The highest BCUT2D eigenvalue weighted by atomic mass is 32.2. The molecule has 0 aliphatic heterocycles. The van der Waals surface area contributed by atoms with Crippen LogP contribution in [0.4, 0.5) is 0 Å². The molecule has 0 aromatic carbocycles. The molecule has 0 spiro atoms. The summed E-state index contributed by atoms with van der Waals surface area (Å²) in [5, 5.41) is 0. The Kier molecular flexibility index (Phi) is 6.89. The normalized spacial score (nSPS) is 12.9. The Hall–Kier alpha value is -0.310. The SMILES string of the molecule is CSCCC(CC(C)=O)C(=O)C(C)C. The molecule has 0 heterocycles. The highest BCUT2D eigenvalue weighted by molar-refractivity contribution is 7.98.